The molecule has 1 aromatic rings. The second kappa shape index (κ2) is 7.65. The zero-order chi connectivity index (χ0) is 14.4. The standard InChI is InChI=1S/C17H27NO2/c1-4-8-18-14(3)16-5-6-17(13(2)10-16)20-12-15-7-9-19-11-15/h5-6,10,14-15,18H,4,7-9,11-12H2,1-3H3. The highest BCUT2D eigenvalue weighted by molar-refractivity contribution is 5.37. The molecule has 2 rings (SSSR count). The highest BCUT2D eigenvalue weighted by Crippen LogP contribution is 2.24. The smallest absolute Gasteiger partial charge is 0.122 e. The molecule has 1 aliphatic heterocycles. The maximum atomic E-state index is 5.94. The van der Waals surface area contributed by atoms with Crippen molar-refractivity contribution in [3.63, 3.8) is 0 Å². The van der Waals surface area contributed by atoms with Crippen LogP contribution in [0.4, 0.5) is 0 Å². The molecule has 0 saturated carbocycles. The molecule has 0 aromatic heterocycles. The monoisotopic (exact) mass is 277 g/mol. The minimum atomic E-state index is 0.394. The number of benzene rings is 1. The van der Waals surface area contributed by atoms with E-state index in [1.165, 1.54) is 11.1 Å². The number of hydrogen-bond donors (Lipinski definition) is 1. The van der Waals surface area contributed by atoms with Gasteiger partial charge in [0.25, 0.3) is 0 Å². The van der Waals surface area contributed by atoms with Crippen LogP contribution < -0.4 is 10.1 Å². The molecule has 1 heterocycles. The number of ether oxygens (including phenoxy) is 2. The van der Waals surface area contributed by atoms with Gasteiger partial charge in [-0.2, -0.15) is 0 Å². The lowest BCUT2D eigenvalue weighted by atomic mass is 10.0. The zero-order valence-corrected chi connectivity index (χ0v) is 12.9. The van der Waals surface area contributed by atoms with E-state index in [-0.39, 0.29) is 0 Å². The average Bonchev–Trinajstić information content (AvgIpc) is 2.96. The summed E-state index contributed by atoms with van der Waals surface area (Å²) in [4.78, 5) is 0. The molecule has 2 atom stereocenters. The molecular formula is C17H27NO2. The molecule has 1 aromatic carbocycles. The van der Waals surface area contributed by atoms with Gasteiger partial charge in [0.15, 0.2) is 0 Å². The molecule has 0 bridgehead atoms. The molecule has 1 N–H and O–H groups in total. The fourth-order valence-corrected chi connectivity index (χ4v) is 2.50. The van der Waals surface area contributed by atoms with Crippen LogP contribution in [-0.4, -0.2) is 26.4 Å². The van der Waals surface area contributed by atoms with Gasteiger partial charge in [-0.15, -0.1) is 0 Å². The lowest BCUT2D eigenvalue weighted by Crippen LogP contribution is -2.19. The normalized spacial score (nSPS) is 20.1. The minimum Gasteiger partial charge on any atom is -0.493 e. The van der Waals surface area contributed by atoms with Gasteiger partial charge in [0, 0.05) is 18.6 Å². The fourth-order valence-electron chi connectivity index (χ4n) is 2.50. The van der Waals surface area contributed by atoms with Gasteiger partial charge in [0.1, 0.15) is 5.75 Å². The molecule has 1 aliphatic rings. The van der Waals surface area contributed by atoms with Gasteiger partial charge < -0.3 is 14.8 Å². The Morgan fingerprint density at radius 3 is 2.95 bits per heavy atom. The van der Waals surface area contributed by atoms with E-state index in [2.05, 4.69) is 44.3 Å². The average molecular weight is 277 g/mol. The van der Waals surface area contributed by atoms with Gasteiger partial charge in [0.2, 0.25) is 0 Å². The summed E-state index contributed by atoms with van der Waals surface area (Å²) in [5.74, 6) is 1.56. The molecule has 112 valence electrons. The van der Waals surface area contributed by atoms with Gasteiger partial charge in [0.05, 0.1) is 13.2 Å². The van der Waals surface area contributed by atoms with Crippen LogP contribution in [0.15, 0.2) is 18.2 Å². The number of aryl methyl sites for hydroxylation is 1. The third-order valence-corrected chi connectivity index (χ3v) is 3.90. The van der Waals surface area contributed by atoms with Crippen molar-refractivity contribution in [1.82, 2.24) is 5.32 Å². The molecule has 1 fully saturated rings. The van der Waals surface area contributed by atoms with E-state index >= 15 is 0 Å². The third-order valence-electron chi connectivity index (χ3n) is 3.90. The molecule has 0 aliphatic carbocycles. The molecular weight excluding hydrogens is 250 g/mol. The molecule has 1 saturated heterocycles. The Balaban J connectivity index is 1.91. The first kappa shape index (κ1) is 15.3. The SMILES string of the molecule is CCCNC(C)c1ccc(OCC2CCOC2)c(C)c1. The van der Waals surface area contributed by atoms with Crippen LogP contribution in [0.1, 0.15) is 43.9 Å². The summed E-state index contributed by atoms with van der Waals surface area (Å²) < 4.78 is 11.3. The first-order valence-corrected chi connectivity index (χ1v) is 7.75. The van der Waals surface area contributed by atoms with E-state index in [1.54, 1.807) is 0 Å². The van der Waals surface area contributed by atoms with Crippen molar-refractivity contribution in [1.29, 1.82) is 0 Å². The maximum absolute atomic E-state index is 5.94. The highest BCUT2D eigenvalue weighted by Gasteiger charge is 2.16. The van der Waals surface area contributed by atoms with Crippen LogP contribution in [0.5, 0.6) is 5.75 Å². The van der Waals surface area contributed by atoms with E-state index in [0.29, 0.717) is 12.0 Å². The van der Waals surface area contributed by atoms with E-state index in [0.717, 1.165) is 45.0 Å². The van der Waals surface area contributed by atoms with Crippen molar-refractivity contribution in [3.8, 4) is 5.75 Å². The van der Waals surface area contributed by atoms with Crippen LogP contribution in [0, 0.1) is 12.8 Å². The predicted octanol–water partition coefficient (Wildman–Crippen LogP) is 3.47. The van der Waals surface area contributed by atoms with Crippen molar-refractivity contribution >= 4 is 0 Å². The van der Waals surface area contributed by atoms with Crippen LogP contribution in [-0.2, 0) is 4.74 Å². The Morgan fingerprint density at radius 1 is 1.45 bits per heavy atom. The first-order valence-electron chi connectivity index (χ1n) is 7.75. The van der Waals surface area contributed by atoms with Gasteiger partial charge in [-0.1, -0.05) is 19.1 Å². The minimum absolute atomic E-state index is 0.394. The number of rotatable bonds is 7. The second-order valence-corrected chi connectivity index (χ2v) is 5.74. The summed E-state index contributed by atoms with van der Waals surface area (Å²) in [5.41, 5.74) is 2.54. The van der Waals surface area contributed by atoms with Gasteiger partial charge in [-0.3, -0.25) is 0 Å². The lowest BCUT2D eigenvalue weighted by molar-refractivity contribution is 0.167. The molecule has 3 nitrogen and oxygen atoms in total. The molecule has 2 unspecified atom stereocenters. The molecule has 3 heteroatoms. The Labute approximate surface area is 122 Å². The summed E-state index contributed by atoms with van der Waals surface area (Å²) in [6.07, 6.45) is 2.28. The second-order valence-electron chi connectivity index (χ2n) is 5.74. The van der Waals surface area contributed by atoms with Crippen LogP contribution >= 0.6 is 0 Å². The predicted molar refractivity (Wildman–Crippen MR) is 82.3 cm³/mol. The number of hydrogen-bond acceptors (Lipinski definition) is 3. The maximum Gasteiger partial charge on any atom is 0.122 e. The van der Waals surface area contributed by atoms with E-state index in [4.69, 9.17) is 9.47 Å². The fraction of sp³-hybridized carbons (Fsp3) is 0.647. The number of nitrogens with one attached hydrogen (secondary N) is 1. The lowest BCUT2D eigenvalue weighted by Gasteiger charge is -2.17. The van der Waals surface area contributed by atoms with Crippen LogP contribution in [0.3, 0.4) is 0 Å². The van der Waals surface area contributed by atoms with Gasteiger partial charge >= 0.3 is 0 Å². The zero-order valence-electron chi connectivity index (χ0n) is 12.9. The van der Waals surface area contributed by atoms with Crippen molar-refractivity contribution in [2.75, 3.05) is 26.4 Å². The summed E-state index contributed by atoms with van der Waals surface area (Å²) >= 11 is 0. The van der Waals surface area contributed by atoms with Crippen molar-refractivity contribution in [2.45, 2.75) is 39.7 Å². The van der Waals surface area contributed by atoms with Crippen LogP contribution in [0.2, 0.25) is 0 Å². The van der Waals surface area contributed by atoms with E-state index in [1.807, 2.05) is 0 Å². The molecule has 0 radical (unpaired) electrons. The Kier molecular flexibility index (Phi) is 5.86. The van der Waals surface area contributed by atoms with Crippen molar-refractivity contribution < 1.29 is 9.47 Å². The van der Waals surface area contributed by atoms with Crippen molar-refractivity contribution in [3.05, 3.63) is 29.3 Å². The topological polar surface area (TPSA) is 30.5 Å². The van der Waals surface area contributed by atoms with E-state index < -0.39 is 0 Å². The Bertz CT molecular complexity index is 413. The van der Waals surface area contributed by atoms with Crippen molar-refractivity contribution in [2.24, 2.45) is 5.92 Å². The first-order chi connectivity index (χ1) is 9.70. The summed E-state index contributed by atoms with van der Waals surface area (Å²) in [5, 5.41) is 3.51. The summed E-state index contributed by atoms with van der Waals surface area (Å²) in [6.45, 7) is 10.1. The van der Waals surface area contributed by atoms with Gasteiger partial charge in [-0.05, 0) is 50.4 Å². The van der Waals surface area contributed by atoms with Gasteiger partial charge in [-0.25, -0.2) is 0 Å². The van der Waals surface area contributed by atoms with Crippen LogP contribution in [0.25, 0.3) is 0 Å². The van der Waals surface area contributed by atoms with E-state index in [9.17, 15) is 0 Å². The third kappa shape index (κ3) is 4.22. The summed E-state index contributed by atoms with van der Waals surface area (Å²) in [7, 11) is 0. The summed E-state index contributed by atoms with van der Waals surface area (Å²) in [6, 6.07) is 6.89. The largest absolute Gasteiger partial charge is 0.493 e. The molecule has 0 amide bonds. The Hall–Kier alpha value is -1.06. The quantitative estimate of drug-likeness (QED) is 0.828. The molecule has 0 spiro atoms. The Morgan fingerprint density at radius 2 is 2.30 bits per heavy atom. The molecule has 20 heavy (non-hydrogen) atoms. The highest BCUT2D eigenvalue weighted by atomic mass is 16.5.